The van der Waals surface area contributed by atoms with Crippen LogP contribution in [-0.4, -0.2) is 46.6 Å². The van der Waals surface area contributed by atoms with Gasteiger partial charge in [0.1, 0.15) is 5.69 Å². The highest BCUT2D eigenvalue weighted by molar-refractivity contribution is 5.97. The van der Waals surface area contributed by atoms with Crippen LogP contribution < -0.4 is 10.6 Å². The summed E-state index contributed by atoms with van der Waals surface area (Å²) in [7, 11) is 1.63. The van der Waals surface area contributed by atoms with Crippen molar-refractivity contribution in [3.63, 3.8) is 0 Å². The minimum absolute atomic E-state index is 0.248. The predicted octanol–water partition coefficient (Wildman–Crippen LogP) is 1.31. The third-order valence-electron chi connectivity index (χ3n) is 4.55. The van der Waals surface area contributed by atoms with E-state index in [1.54, 1.807) is 19.5 Å². The molecule has 2 N–H and O–H groups in total. The van der Waals surface area contributed by atoms with E-state index in [0.29, 0.717) is 37.8 Å². The maximum atomic E-state index is 12.7. The van der Waals surface area contributed by atoms with Gasteiger partial charge < -0.3 is 19.9 Å². The van der Waals surface area contributed by atoms with E-state index in [9.17, 15) is 9.59 Å². The molecule has 8 heteroatoms. The standard InChI is InChI=1S/C19H25N5O3/c1-27-12-4-8-21-19(26)17-23-16(15-5-2-3-11-24(15)17)18(25)22-13-14-6-9-20-10-7-14/h6-7,9-10H,2-5,8,11-13H2,1H3,(H,21,26)(H,22,25). The molecule has 0 saturated heterocycles. The van der Waals surface area contributed by atoms with Crippen LogP contribution in [0.25, 0.3) is 0 Å². The topological polar surface area (TPSA) is 98.1 Å². The van der Waals surface area contributed by atoms with Gasteiger partial charge >= 0.3 is 0 Å². The Bertz CT molecular complexity index is 788. The van der Waals surface area contributed by atoms with Crippen LogP contribution in [0.15, 0.2) is 24.5 Å². The van der Waals surface area contributed by atoms with Gasteiger partial charge in [0.05, 0.1) is 5.69 Å². The second kappa shape index (κ2) is 9.27. The molecule has 8 nitrogen and oxygen atoms in total. The van der Waals surface area contributed by atoms with Crippen LogP contribution in [0.1, 0.15) is 51.6 Å². The van der Waals surface area contributed by atoms with Crippen molar-refractivity contribution in [2.24, 2.45) is 0 Å². The Morgan fingerprint density at radius 2 is 2.00 bits per heavy atom. The molecule has 0 fully saturated rings. The summed E-state index contributed by atoms with van der Waals surface area (Å²) >= 11 is 0. The number of carbonyl (C=O) groups excluding carboxylic acids is 2. The number of rotatable bonds is 8. The quantitative estimate of drug-likeness (QED) is 0.682. The lowest BCUT2D eigenvalue weighted by Crippen LogP contribution is -2.29. The molecule has 0 aliphatic carbocycles. The van der Waals surface area contributed by atoms with Gasteiger partial charge in [-0.15, -0.1) is 0 Å². The van der Waals surface area contributed by atoms with Crippen molar-refractivity contribution < 1.29 is 14.3 Å². The second-order valence-corrected chi connectivity index (χ2v) is 6.48. The van der Waals surface area contributed by atoms with E-state index in [1.165, 1.54) is 0 Å². The molecular weight excluding hydrogens is 346 g/mol. The van der Waals surface area contributed by atoms with Crippen LogP contribution in [0.3, 0.4) is 0 Å². The summed E-state index contributed by atoms with van der Waals surface area (Å²) in [5.74, 6) is -0.186. The Balaban J connectivity index is 1.72. The Labute approximate surface area is 158 Å². The maximum absolute atomic E-state index is 12.7. The van der Waals surface area contributed by atoms with E-state index in [-0.39, 0.29) is 11.8 Å². The predicted molar refractivity (Wildman–Crippen MR) is 99.4 cm³/mol. The molecule has 2 aromatic rings. The van der Waals surface area contributed by atoms with Crippen molar-refractivity contribution in [3.8, 4) is 0 Å². The van der Waals surface area contributed by atoms with Crippen molar-refractivity contribution in [2.45, 2.75) is 38.8 Å². The van der Waals surface area contributed by atoms with Crippen LogP contribution in [0.5, 0.6) is 0 Å². The molecule has 3 heterocycles. The summed E-state index contributed by atoms with van der Waals surface area (Å²) in [6.07, 6.45) is 6.83. The van der Waals surface area contributed by atoms with E-state index in [0.717, 1.165) is 36.9 Å². The summed E-state index contributed by atoms with van der Waals surface area (Å²) in [4.78, 5) is 33.6. The molecular formula is C19H25N5O3. The monoisotopic (exact) mass is 371 g/mol. The van der Waals surface area contributed by atoms with Gasteiger partial charge in [-0.05, 0) is 43.4 Å². The number of pyridine rings is 1. The number of fused-ring (bicyclic) bond motifs is 1. The maximum Gasteiger partial charge on any atom is 0.287 e. The molecule has 2 aromatic heterocycles. The highest BCUT2D eigenvalue weighted by Gasteiger charge is 2.27. The molecule has 1 aliphatic heterocycles. The van der Waals surface area contributed by atoms with Gasteiger partial charge in [0.2, 0.25) is 0 Å². The number of ether oxygens (including phenoxy) is 1. The van der Waals surface area contributed by atoms with E-state index in [1.807, 2.05) is 16.7 Å². The second-order valence-electron chi connectivity index (χ2n) is 6.48. The minimum atomic E-state index is -0.254. The molecule has 0 aromatic carbocycles. The molecule has 1 aliphatic rings. The first-order valence-corrected chi connectivity index (χ1v) is 9.24. The van der Waals surface area contributed by atoms with Gasteiger partial charge in [-0.2, -0.15) is 0 Å². The Morgan fingerprint density at radius 1 is 1.19 bits per heavy atom. The number of hydrogen-bond donors (Lipinski definition) is 2. The van der Waals surface area contributed by atoms with Gasteiger partial charge in [0.15, 0.2) is 5.82 Å². The summed E-state index contributed by atoms with van der Waals surface area (Å²) in [6, 6.07) is 3.70. The molecule has 144 valence electrons. The average molecular weight is 371 g/mol. The summed E-state index contributed by atoms with van der Waals surface area (Å²) in [6.45, 7) is 2.20. The molecule has 27 heavy (non-hydrogen) atoms. The molecule has 0 spiro atoms. The molecule has 0 radical (unpaired) electrons. The fourth-order valence-corrected chi connectivity index (χ4v) is 3.16. The van der Waals surface area contributed by atoms with E-state index < -0.39 is 0 Å². The van der Waals surface area contributed by atoms with Gasteiger partial charge in [0, 0.05) is 45.7 Å². The zero-order chi connectivity index (χ0) is 19.1. The van der Waals surface area contributed by atoms with E-state index in [2.05, 4.69) is 20.6 Å². The average Bonchev–Trinajstić information content (AvgIpc) is 3.10. The van der Waals surface area contributed by atoms with Crippen LogP contribution in [-0.2, 0) is 24.2 Å². The third kappa shape index (κ3) is 4.71. The van der Waals surface area contributed by atoms with Crippen molar-refractivity contribution in [1.29, 1.82) is 0 Å². The SMILES string of the molecule is COCCCNC(=O)c1nc(C(=O)NCc2ccncc2)c2n1CCCC2. The summed E-state index contributed by atoms with van der Waals surface area (Å²) in [5.41, 5.74) is 2.16. The van der Waals surface area contributed by atoms with E-state index in [4.69, 9.17) is 4.74 Å². The van der Waals surface area contributed by atoms with Crippen molar-refractivity contribution in [2.75, 3.05) is 20.3 Å². The highest BCUT2D eigenvalue weighted by Crippen LogP contribution is 2.21. The summed E-state index contributed by atoms with van der Waals surface area (Å²) < 4.78 is 6.88. The number of hydrogen-bond acceptors (Lipinski definition) is 5. The van der Waals surface area contributed by atoms with Crippen LogP contribution in [0.4, 0.5) is 0 Å². The molecule has 0 atom stereocenters. The Morgan fingerprint density at radius 3 is 2.78 bits per heavy atom. The molecule has 0 unspecified atom stereocenters. The molecule has 3 rings (SSSR count). The van der Waals surface area contributed by atoms with Gasteiger partial charge in [-0.25, -0.2) is 4.98 Å². The van der Waals surface area contributed by atoms with E-state index >= 15 is 0 Å². The van der Waals surface area contributed by atoms with Crippen LogP contribution >= 0.6 is 0 Å². The van der Waals surface area contributed by atoms with Crippen molar-refractivity contribution in [1.82, 2.24) is 25.2 Å². The number of nitrogens with one attached hydrogen (secondary N) is 2. The smallest absolute Gasteiger partial charge is 0.287 e. The number of amides is 2. The molecule has 0 bridgehead atoms. The zero-order valence-corrected chi connectivity index (χ0v) is 15.5. The lowest BCUT2D eigenvalue weighted by atomic mass is 10.1. The fraction of sp³-hybridized carbons (Fsp3) is 0.474. The van der Waals surface area contributed by atoms with Crippen molar-refractivity contribution >= 4 is 11.8 Å². The first kappa shape index (κ1) is 19.0. The van der Waals surface area contributed by atoms with Crippen LogP contribution in [0, 0.1) is 0 Å². The number of imidazole rings is 1. The first-order chi connectivity index (χ1) is 13.2. The van der Waals surface area contributed by atoms with Crippen molar-refractivity contribution in [3.05, 3.63) is 47.3 Å². The van der Waals surface area contributed by atoms with Gasteiger partial charge in [0.25, 0.3) is 11.8 Å². The largest absolute Gasteiger partial charge is 0.385 e. The number of aromatic nitrogens is 3. The molecule has 0 saturated carbocycles. The molecule has 2 amide bonds. The number of nitrogens with zero attached hydrogens (tertiary/aromatic N) is 3. The Kier molecular flexibility index (Phi) is 6.54. The van der Waals surface area contributed by atoms with Gasteiger partial charge in [-0.1, -0.05) is 0 Å². The number of carbonyl (C=O) groups is 2. The number of methoxy groups -OCH3 is 1. The first-order valence-electron chi connectivity index (χ1n) is 9.24. The van der Waals surface area contributed by atoms with Crippen LogP contribution in [0.2, 0.25) is 0 Å². The minimum Gasteiger partial charge on any atom is -0.385 e. The zero-order valence-electron chi connectivity index (χ0n) is 15.5. The highest BCUT2D eigenvalue weighted by atomic mass is 16.5. The lowest BCUT2D eigenvalue weighted by molar-refractivity contribution is 0.0932. The normalized spacial score (nSPS) is 13.1. The summed E-state index contributed by atoms with van der Waals surface area (Å²) in [5, 5.41) is 5.74. The lowest BCUT2D eigenvalue weighted by Gasteiger charge is -2.17. The fourth-order valence-electron chi connectivity index (χ4n) is 3.16. The Hall–Kier alpha value is -2.74. The van der Waals surface area contributed by atoms with Gasteiger partial charge in [-0.3, -0.25) is 14.6 Å². The third-order valence-corrected chi connectivity index (χ3v) is 4.55.